The first-order valence-electron chi connectivity index (χ1n) is 5.32. The molecule has 1 aromatic carbocycles. The number of methoxy groups -OCH3 is 2. The van der Waals surface area contributed by atoms with Gasteiger partial charge in [0.25, 0.3) is 0 Å². The Morgan fingerprint density at radius 1 is 1.31 bits per heavy atom. The number of rotatable bonds is 4. The lowest BCUT2D eigenvalue weighted by Crippen LogP contribution is -2.03. The molecule has 0 spiro atoms. The van der Waals surface area contributed by atoms with Gasteiger partial charge in [0.1, 0.15) is 11.5 Å². The topological polar surface area (TPSA) is 44.5 Å². The smallest absolute Gasteiger partial charge is 0.127 e. The van der Waals surface area contributed by atoms with Gasteiger partial charge in [0.05, 0.1) is 14.2 Å². The number of nitrogens with two attached hydrogens (primary N) is 1. The average molecular weight is 286 g/mol. The summed E-state index contributed by atoms with van der Waals surface area (Å²) in [7, 11) is 3.37. The predicted octanol–water partition coefficient (Wildman–Crippen LogP) is 2.53. The molecule has 16 heavy (non-hydrogen) atoms. The number of hydrogen-bond acceptors (Lipinski definition) is 3. The normalized spacial score (nSPS) is 23.0. The summed E-state index contributed by atoms with van der Waals surface area (Å²) >= 11 is 3.45. The van der Waals surface area contributed by atoms with Crippen LogP contribution in [0.2, 0.25) is 0 Å². The molecular weight excluding hydrogens is 270 g/mol. The summed E-state index contributed by atoms with van der Waals surface area (Å²) < 4.78 is 11.8. The van der Waals surface area contributed by atoms with Crippen molar-refractivity contribution in [3.8, 4) is 11.5 Å². The lowest BCUT2D eigenvalue weighted by atomic mass is 10.1. The van der Waals surface area contributed by atoms with E-state index in [0.29, 0.717) is 11.8 Å². The van der Waals surface area contributed by atoms with Gasteiger partial charge in [0.15, 0.2) is 0 Å². The van der Waals surface area contributed by atoms with Gasteiger partial charge in [-0.3, -0.25) is 0 Å². The van der Waals surface area contributed by atoms with Crippen LogP contribution in [0.5, 0.6) is 11.5 Å². The van der Waals surface area contributed by atoms with E-state index in [4.69, 9.17) is 15.2 Å². The van der Waals surface area contributed by atoms with Gasteiger partial charge in [-0.2, -0.15) is 0 Å². The van der Waals surface area contributed by atoms with E-state index in [1.165, 1.54) is 0 Å². The Morgan fingerprint density at radius 2 is 1.88 bits per heavy atom. The van der Waals surface area contributed by atoms with Crippen molar-refractivity contribution in [2.45, 2.75) is 12.3 Å². The van der Waals surface area contributed by atoms with Crippen molar-refractivity contribution in [2.24, 2.45) is 11.7 Å². The van der Waals surface area contributed by atoms with Crippen LogP contribution in [0.15, 0.2) is 16.6 Å². The van der Waals surface area contributed by atoms with E-state index in [1.54, 1.807) is 14.2 Å². The highest BCUT2D eigenvalue weighted by Crippen LogP contribution is 2.53. The zero-order chi connectivity index (χ0) is 11.7. The van der Waals surface area contributed by atoms with Gasteiger partial charge < -0.3 is 15.2 Å². The second-order valence-corrected chi connectivity index (χ2v) is 4.98. The third-order valence-corrected chi connectivity index (χ3v) is 3.56. The minimum Gasteiger partial charge on any atom is -0.496 e. The molecule has 88 valence electrons. The molecule has 1 aromatic rings. The van der Waals surface area contributed by atoms with E-state index in [-0.39, 0.29) is 0 Å². The first-order valence-corrected chi connectivity index (χ1v) is 6.12. The van der Waals surface area contributed by atoms with Crippen LogP contribution in [-0.2, 0) is 0 Å². The molecule has 3 nitrogen and oxygen atoms in total. The first-order chi connectivity index (χ1) is 7.71. The van der Waals surface area contributed by atoms with Crippen LogP contribution in [0.4, 0.5) is 0 Å². The van der Waals surface area contributed by atoms with Gasteiger partial charge in [-0.15, -0.1) is 0 Å². The lowest BCUT2D eigenvalue weighted by molar-refractivity contribution is 0.384. The number of halogens is 1. The fourth-order valence-corrected chi connectivity index (χ4v) is 2.55. The summed E-state index contributed by atoms with van der Waals surface area (Å²) in [5.74, 6) is 2.83. The van der Waals surface area contributed by atoms with Gasteiger partial charge in [-0.1, -0.05) is 15.9 Å². The fourth-order valence-electron chi connectivity index (χ4n) is 2.13. The fraction of sp³-hybridized carbons (Fsp3) is 0.500. The summed E-state index contributed by atoms with van der Waals surface area (Å²) in [5, 5.41) is 0. The van der Waals surface area contributed by atoms with E-state index in [0.717, 1.165) is 34.5 Å². The molecule has 0 amide bonds. The zero-order valence-corrected chi connectivity index (χ0v) is 11.1. The first kappa shape index (κ1) is 11.7. The van der Waals surface area contributed by atoms with Crippen molar-refractivity contribution in [3.63, 3.8) is 0 Å². The molecule has 2 rings (SSSR count). The number of ether oxygens (including phenoxy) is 2. The molecule has 1 fully saturated rings. The van der Waals surface area contributed by atoms with Crippen molar-refractivity contribution in [2.75, 3.05) is 20.8 Å². The molecule has 1 aliphatic rings. The second kappa shape index (κ2) is 4.63. The minimum absolute atomic E-state index is 0.489. The Hall–Kier alpha value is -0.740. The Morgan fingerprint density at radius 3 is 2.25 bits per heavy atom. The SMILES string of the molecule is COc1cc(Br)cc(OC)c1[C@@H]1C[C@H]1CN. The molecule has 0 bridgehead atoms. The molecule has 1 aliphatic carbocycles. The summed E-state index contributed by atoms with van der Waals surface area (Å²) in [6.07, 6.45) is 1.13. The van der Waals surface area contributed by atoms with Crippen molar-refractivity contribution < 1.29 is 9.47 Å². The molecule has 2 N–H and O–H groups in total. The Bertz CT molecular complexity index is 370. The molecular formula is C12H16BrNO2. The van der Waals surface area contributed by atoms with Gasteiger partial charge in [0.2, 0.25) is 0 Å². The summed E-state index contributed by atoms with van der Waals surface area (Å²) in [4.78, 5) is 0. The molecule has 1 saturated carbocycles. The van der Waals surface area contributed by atoms with Crippen molar-refractivity contribution in [1.29, 1.82) is 0 Å². The highest BCUT2D eigenvalue weighted by molar-refractivity contribution is 9.10. The Labute approximate surface area is 104 Å². The van der Waals surface area contributed by atoms with E-state index in [2.05, 4.69) is 15.9 Å². The average Bonchev–Trinajstić information content (AvgIpc) is 3.06. The molecule has 0 unspecified atom stereocenters. The van der Waals surface area contributed by atoms with E-state index < -0.39 is 0 Å². The van der Waals surface area contributed by atoms with E-state index in [9.17, 15) is 0 Å². The maximum Gasteiger partial charge on any atom is 0.127 e. The number of hydrogen-bond donors (Lipinski definition) is 1. The maximum atomic E-state index is 5.68. The van der Waals surface area contributed by atoms with Crippen LogP contribution in [0.1, 0.15) is 17.9 Å². The molecule has 0 aromatic heterocycles. The quantitative estimate of drug-likeness (QED) is 0.925. The summed E-state index contributed by atoms with van der Waals surface area (Å²) in [6.45, 7) is 0.729. The summed E-state index contributed by atoms with van der Waals surface area (Å²) in [5.41, 5.74) is 6.84. The zero-order valence-electron chi connectivity index (χ0n) is 9.50. The van der Waals surface area contributed by atoms with Crippen molar-refractivity contribution >= 4 is 15.9 Å². The monoisotopic (exact) mass is 285 g/mol. The van der Waals surface area contributed by atoms with Crippen LogP contribution in [0.3, 0.4) is 0 Å². The van der Waals surface area contributed by atoms with E-state index in [1.807, 2.05) is 12.1 Å². The Balaban J connectivity index is 2.41. The molecule has 0 heterocycles. The largest absolute Gasteiger partial charge is 0.496 e. The molecule has 0 radical (unpaired) electrons. The van der Waals surface area contributed by atoms with Gasteiger partial charge in [0, 0.05) is 10.0 Å². The van der Waals surface area contributed by atoms with Crippen LogP contribution >= 0.6 is 15.9 Å². The lowest BCUT2D eigenvalue weighted by Gasteiger charge is -2.13. The highest BCUT2D eigenvalue weighted by Gasteiger charge is 2.40. The van der Waals surface area contributed by atoms with E-state index >= 15 is 0 Å². The predicted molar refractivity (Wildman–Crippen MR) is 67.1 cm³/mol. The third kappa shape index (κ3) is 2.04. The van der Waals surface area contributed by atoms with Crippen molar-refractivity contribution in [1.82, 2.24) is 0 Å². The van der Waals surface area contributed by atoms with Gasteiger partial charge in [-0.25, -0.2) is 0 Å². The standard InChI is InChI=1S/C12H16BrNO2/c1-15-10-4-8(13)5-11(16-2)12(10)9-3-7(9)6-14/h4-5,7,9H,3,6,14H2,1-2H3/t7-,9+/m0/s1. The van der Waals surface area contributed by atoms with Crippen LogP contribution < -0.4 is 15.2 Å². The molecule has 4 heteroatoms. The van der Waals surface area contributed by atoms with Gasteiger partial charge in [-0.05, 0) is 36.9 Å². The van der Waals surface area contributed by atoms with Crippen molar-refractivity contribution in [3.05, 3.63) is 22.2 Å². The third-order valence-electron chi connectivity index (χ3n) is 3.10. The highest BCUT2D eigenvalue weighted by atomic mass is 79.9. The Kier molecular flexibility index (Phi) is 3.40. The van der Waals surface area contributed by atoms with Crippen LogP contribution in [0.25, 0.3) is 0 Å². The second-order valence-electron chi connectivity index (χ2n) is 4.06. The number of benzene rings is 1. The molecule has 0 aliphatic heterocycles. The van der Waals surface area contributed by atoms with Gasteiger partial charge >= 0.3 is 0 Å². The minimum atomic E-state index is 0.489. The van der Waals surface area contributed by atoms with Crippen LogP contribution in [0, 0.1) is 5.92 Å². The maximum absolute atomic E-state index is 5.68. The summed E-state index contributed by atoms with van der Waals surface area (Å²) in [6, 6.07) is 3.95. The molecule has 0 saturated heterocycles. The molecule has 2 atom stereocenters. The van der Waals surface area contributed by atoms with Crippen LogP contribution in [-0.4, -0.2) is 20.8 Å².